The van der Waals surface area contributed by atoms with Gasteiger partial charge in [-0.3, -0.25) is 0 Å². The van der Waals surface area contributed by atoms with Crippen LogP contribution >= 0.6 is 19.0 Å². The predicted octanol–water partition coefficient (Wildman–Crippen LogP) is 3.22. The lowest BCUT2D eigenvalue weighted by Crippen LogP contribution is -2.29. The van der Waals surface area contributed by atoms with Crippen molar-refractivity contribution in [3.8, 4) is 0 Å². The first-order chi connectivity index (χ1) is 7.98. The molecule has 0 aromatic carbocycles. The highest BCUT2D eigenvalue weighted by atomic mass is 35.7. The maximum atomic E-state index is 7.44. The maximum Gasteiger partial charge on any atom is 0.271 e. The molecule has 114 valence electrons. The van der Waals surface area contributed by atoms with Gasteiger partial charge in [-0.1, -0.05) is 55.4 Å². The van der Waals surface area contributed by atoms with E-state index in [1.165, 1.54) is 0 Å². The summed E-state index contributed by atoms with van der Waals surface area (Å²) in [7, 11) is -2.15. The minimum absolute atomic E-state index is 0.625. The Hall–Kier alpha value is 0.560. The molecule has 0 aliphatic heterocycles. The zero-order chi connectivity index (χ0) is 15.3. The van der Waals surface area contributed by atoms with E-state index in [-0.39, 0.29) is 0 Å². The van der Waals surface area contributed by atoms with Crippen LogP contribution in [0.3, 0.4) is 0 Å². The molecular weight excluding hydrogens is 271 g/mol. The molecule has 0 saturated heterocycles. The first-order valence-electron chi connectivity index (χ1n) is 6.34. The highest BCUT2D eigenvalue weighted by Gasteiger charge is 1.93. The number of halogens is 1. The minimum atomic E-state index is -2.15. The summed E-state index contributed by atoms with van der Waals surface area (Å²) >= 11 is 4.45. The van der Waals surface area contributed by atoms with Crippen molar-refractivity contribution in [2.24, 2.45) is 0 Å². The Bertz CT molecular complexity index is 128. The first kappa shape index (κ1) is 23.6. The van der Waals surface area contributed by atoms with Crippen LogP contribution in [0.1, 0.15) is 55.4 Å². The molecule has 0 fully saturated rings. The summed E-state index contributed by atoms with van der Waals surface area (Å²) in [6.07, 6.45) is 0. The van der Waals surface area contributed by atoms with Crippen LogP contribution in [-0.2, 0) is 0 Å². The summed E-state index contributed by atoms with van der Waals surface area (Å²) in [5, 5.41) is 6.61. The van der Waals surface area contributed by atoms with Crippen molar-refractivity contribution in [1.29, 1.82) is 0 Å². The molecular formula is C12H32ClN2O2P. The lowest BCUT2D eigenvalue weighted by molar-refractivity contribution is 0.504. The Balaban J connectivity index is -0.000000196. The molecule has 6 heteroatoms. The molecule has 0 atom stereocenters. The van der Waals surface area contributed by atoms with Crippen molar-refractivity contribution >= 4 is 19.0 Å². The highest BCUT2D eigenvalue weighted by molar-refractivity contribution is 7.74. The van der Waals surface area contributed by atoms with Gasteiger partial charge >= 0.3 is 0 Å². The zero-order valence-electron chi connectivity index (χ0n) is 13.0. The predicted molar refractivity (Wildman–Crippen MR) is 84.0 cm³/mol. The summed E-state index contributed by atoms with van der Waals surface area (Å²) in [5.74, 6) is 0. The van der Waals surface area contributed by atoms with Crippen molar-refractivity contribution in [3.05, 3.63) is 0 Å². The topological polar surface area (TPSA) is 64.5 Å². The summed E-state index contributed by atoms with van der Waals surface area (Å²) < 4.78 is 0. The van der Waals surface area contributed by atoms with E-state index in [9.17, 15) is 0 Å². The van der Waals surface area contributed by atoms with Crippen LogP contribution in [-0.4, -0.2) is 34.0 Å². The van der Waals surface area contributed by atoms with E-state index in [0.717, 1.165) is 0 Å². The normalized spacial score (nSPS) is 10.7. The smallest absolute Gasteiger partial charge is 0.271 e. The summed E-state index contributed by atoms with van der Waals surface area (Å²) in [5.41, 5.74) is 0. The molecule has 0 aliphatic rings. The monoisotopic (exact) mass is 302 g/mol. The molecule has 4 N–H and O–H groups in total. The van der Waals surface area contributed by atoms with Crippen LogP contribution in [0.25, 0.3) is 0 Å². The van der Waals surface area contributed by atoms with Gasteiger partial charge in [-0.2, -0.15) is 0 Å². The standard InChI is InChI=1S/2C6H15N.ClH2O2P/c2*1-5(2)7-6(3)4;1-4(2)3/h2*5-7H,1-4H3;2-3H. The van der Waals surface area contributed by atoms with Gasteiger partial charge in [0.15, 0.2) is 0 Å². The van der Waals surface area contributed by atoms with Crippen molar-refractivity contribution in [1.82, 2.24) is 10.6 Å². The van der Waals surface area contributed by atoms with Gasteiger partial charge in [0.2, 0.25) is 0 Å². The van der Waals surface area contributed by atoms with Gasteiger partial charge in [-0.25, -0.2) is 0 Å². The second kappa shape index (κ2) is 15.6. The maximum absolute atomic E-state index is 7.44. The fourth-order valence-electron chi connectivity index (χ4n) is 1.33. The van der Waals surface area contributed by atoms with Crippen LogP contribution in [0.2, 0.25) is 0 Å². The van der Waals surface area contributed by atoms with E-state index in [1.54, 1.807) is 0 Å². The lowest BCUT2D eigenvalue weighted by Gasteiger charge is -2.10. The van der Waals surface area contributed by atoms with Gasteiger partial charge in [0.1, 0.15) is 0 Å². The van der Waals surface area contributed by atoms with E-state index >= 15 is 0 Å². The van der Waals surface area contributed by atoms with Gasteiger partial charge in [0.25, 0.3) is 7.73 Å². The second-order valence-electron chi connectivity index (χ2n) is 5.19. The Labute approximate surface area is 119 Å². The molecule has 0 rings (SSSR count). The van der Waals surface area contributed by atoms with E-state index in [4.69, 9.17) is 9.79 Å². The molecule has 0 aromatic heterocycles. The molecule has 0 radical (unpaired) electrons. The summed E-state index contributed by atoms with van der Waals surface area (Å²) in [4.78, 5) is 14.9. The summed E-state index contributed by atoms with van der Waals surface area (Å²) in [6.45, 7) is 17.2. The van der Waals surface area contributed by atoms with Crippen molar-refractivity contribution in [2.45, 2.75) is 79.6 Å². The van der Waals surface area contributed by atoms with E-state index < -0.39 is 7.73 Å². The second-order valence-corrected chi connectivity index (χ2v) is 6.58. The Morgan fingerprint density at radius 3 is 0.778 bits per heavy atom. The van der Waals surface area contributed by atoms with Crippen molar-refractivity contribution in [2.75, 3.05) is 0 Å². The number of hydrogen-bond donors (Lipinski definition) is 4. The fourth-order valence-corrected chi connectivity index (χ4v) is 1.33. The molecule has 0 aliphatic carbocycles. The molecule has 0 amide bonds. The van der Waals surface area contributed by atoms with Crippen molar-refractivity contribution < 1.29 is 9.79 Å². The third kappa shape index (κ3) is 54.7. The Kier molecular flexibility index (Phi) is 20.5. The third-order valence-electron chi connectivity index (χ3n) is 1.33. The average Bonchev–Trinajstić information content (AvgIpc) is 1.96. The molecule has 0 bridgehead atoms. The summed E-state index contributed by atoms with van der Waals surface area (Å²) in [6, 6.07) is 2.50. The first-order valence-corrected chi connectivity index (χ1v) is 8.49. The Morgan fingerprint density at radius 2 is 0.778 bits per heavy atom. The number of rotatable bonds is 4. The molecule has 0 saturated carbocycles. The third-order valence-corrected chi connectivity index (χ3v) is 1.33. The van der Waals surface area contributed by atoms with Gasteiger partial charge in [0, 0.05) is 24.2 Å². The molecule has 0 spiro atoms. The van der Waals surface area contributed by atoms with Crippen LogP contribution in [0.5, 0.6) is 0 Å². The molecule has 4 nitrogen and oxygen atoms in total. The van der Waals surface area contributed by atoms with E-state index in [2.05, 4.69) is 77.3 Å². The average molecular weight is 303 g/mol. The van der Waals surface area contributed by atoms with E-state index in [1.807, 2.05) is 0 Å². The quantitative estimate of drug-likeness (QED) is 0.602. The van der Waals surface area contributed by atoms with Crippen molar-refractivity contribution in [3.63, 3.8) is 0 Å². The molecule has 0 unspecified atom stereocenters. The highest BCUT2D eigenvalue weighted by Crippen LogP contribution is 2.27. The van der Waals surface area contributed by atoms with Gasteiger partial charge in [-0.15, -0.1) is 0 Å². The van der Waals surface area contributed by atoms with Gasteiger partial charge in [0.05, 0.1) is 0 Å². The van der Waals surface area contributed by atoms with Gasteiger partial charge < -0.3 is 20.4 Å². The largest absolute Gasteiger partial charge is 0.338 e. The van der Waals surface area contributed by atoms with Crippen LogP contribution in [0.15, 0.2) is 0 Å². The number of hydrogen-bond acceptors (Lipinski definition) is 4. The molecule has 0 aromatic rings. The lowest BCUT2D eigenvalue weighted by atomic mass is 10.3. The minimum Gasteiger partial charge on any atom is -0.338 e. The van der Waals surface area contributed by atoms with E-state index in [0.29, 0.717) is 24.2 Å². The SMILES string of the molecule is CC(C)NC(C)C.CC(C)NC(C)C.OP(O)Cl. The zero-order valence-corrected chi connectivity index (χ0v) is 14.7. The molecule has 18 heavy (non-hydrogen) atoms. The Morgan fingerprint density at radius 1 is 0.667 bits per heavy atom. The van der Waals surface area contributed by atoms with Crippen LogP contribution in [0.4, 0.5) is 0 Å². The fraction of sp³-hybridized carbons (Fsp3) is 1.00. The van der Waals surface area contributed by atoms with Crippen LogP contribution < -0.4 is 10.6 Å². The van der Waals surface area contributed by atoms with Crippen LogP contribution in [0, 0.1) is 0 Å². The van der Waals surface area contributed by atoms with Gasteiger partial charge in [-0.05, 0) is 11.2 Å². The number of nitrogens with one attached hydrogen (secondary N) is 2. The molecule has 0 heterocycles.